The Kier molecular flexibility index (Phi) is 6.09. The first kappa shape index (κ1) is 22.2. The second-order valence-electron chi connectivity index (χ2n) is 8.52. The van der Waals surface area contributed by atoms with Crippen LogP contribution in [0.4, 0.5) is 0 Å². The number of rotatable bonds is 4. The van der Waals surface area contributed by atoms with Crippen molar-refractivity contribution in [2.45, 2.75) is 20.3 Å². The van der Waals surface area contributed by atoms with Gasteiger partial charge in [0.15, 0.2) is 0 Å². The van der Waals surface area contributed by atoms with E-state index < -0.39 is 7.37 Å². The van der Waals surface area contributed by atoms with Crippen LogP contribution in [0, 0.1) is 0 Å². The summed E-state index contributed by atoms with van der Waals surface area (Å²) < 4.78 is 20.6. The third-order valence-electron chi connectivity index (χ3n) is 6.22. The van der Waals surface area contributed by atoms with Gasteiger partial charge in [0, 0.05) is 17.3 Å². The normalized spacial score (nSPS) is 19.5. The molecule has 0 saturated heterocycles. The highest BCUT2D eigenvalue weighted by Gasteiger charge is 2.38. The van der Waals surface area contributed by atoms with Crippen molar-refractivity contribution in [2.75, 3.05) is 0 Å². The number of hydrogen-bond acceptors (Lipinski definition) is 2. The molecule has 0 radical (unpaired) electrons. The molecule has 168 valence electrons. The monoisotopic (exact) mass is 462 g/mol. The van der Waals surface area contributed by atoms with Crippen LogP contribution in [-0.4, -0.2) is 0 Å². The molecule has 0 aromatic heterocycles. The standard InChI is InChI=1S/C31H27O2P/c1-3-9-24-14-18-26(19-15-24)27-20-16-25(17-21-27)22-23(2)34(32)31-13-8-7-11-29(31)28-10-5-4-6-12-30(28)33-34/h3-11,13-22H,12H2,1-2H3/b9-3-,23-22+. The van der Waals surface area contributed by atoms with Gasteiger partial charge in [-0.2, -0.15) is 0 Å². The summed E-state index contributed by atoms with van der Waals surface area (Å²) in [5.41, 5.74) is 6.54. The summed E-state index contributed by atoms with van der Waals surface area (Å²) in [6, 6.07) is 24.8. The topological polar surface area (TPSA) is 26.3 Å². The Balaban J connectivity index is 1.47. The summed E-state index contributed by atoms with van der Waals surface area (Å²) >= 11 is 0. The molecule has 0 bridgehead atoms. The van der Waals surface area contributed by atoms with Gasteiger partial charge < -0.3 is 4.52 Å². The Morgan fingerprint density at radius 2 is 1.56 bits per heavy atom. The zero-order valence-electron chi connectivity index (χ0n) is 19.4. The van der Waals surface area contributed by atoms with Crippen LogP contribution in [0.1, 0.15) is 37.0 Å². The van der Waals surface area contributed by atoms with Crippen molar-refractivity contribution in [3.05, 3.63) is 131 Å². The summed E-state index contributed by atoms with van der Waals surface area (Å²) in [5.74, 6) is 0.775. The lowest BCUT2D eigenvalue weighted by Crippen LogP contribution is -2.18. The Morgan fingerprint density at radius 3 is 2.26 bits per heavy atom. The summed E-state index contributed by atoms with van der Waals surface area (Å²) in [6.45, 7) is 3.94. The van der Waals surface area contributed by atoms with Crippen molar-refractivity contribution in [3.63, 3.8) is 0 Å². The highest BCUT2D eigenvalue weighted by atomic mass is 31.2. The fourth-order valence-corrected chi connectivity index (χ4v) is 6.66. The largest absolute Gasteiger partial charge is 0.441 e. The molecule has 1 atom stereocenters. The maximum absolute atomic E-state index is 14.3. The lowest BCUT2D eigenvalue weighted by atomic mass is 10.0. The van der Waals surface area contributed by atoms with Crippen LogP contribution in [0.15, 0.2) is 114 Å². The van der Waals surface area contributed by atoms with Gasteiger partial charge in [0.05, 0.1) is 5.30 Å². The molecule has 2 aliphatic rings. The zero-order valence-corrected chi connectivity index (χ0v) is 20.3. The van der Waals surface area contributed by atoms with Gasteiger partial charge >= 0.3 is 7.37 Å². The Bertz CT molecular complexity index is 1420. The SMILES string of the molecule is C/C=C\c1ccc(-c2ccc(/C=C(\C)P3(=O)OC4=C(C=CC=CC4)c4ccccc43)cc2)cc1. The van der Waals surface area contributed by atoms with E-state index in [-0.39, 0.29) is 0 Å². The molecule has 5 rings (SSSR count). The van der Waals surface area contributed by atoms with E-state index >= 15 is 0 Å². The zero-order chi connectivity index (χ0) is 23.5. The fourth-order valence-electron chi connectivity index (χ4n) is 4.44. The molecule has 0 amide bonds. The average Bonchev–Trinajstić information content (AvgIpc) is 3.11. The molecular formula is C31H27O2P. The molecule has 3 aromatic carbocycles. The highest BCUT2D eigenvalue weighted by Crippen LogP contribution is 2.60. The third-order valence-corrected chi connectivity index (χ3v) is 8.78. The Labute approximate surface area is 201 Å². The minimum atomic E-state index is -3.22. The van der Waals surface area contributed by atoms with Crippen LogP contribution >= 0.6 is 7.37 Å². The van der Waals surface area contributed by atoms with E-state index in [0.29, 0.717) is 6.42 Å². The van der Waals surface area contributed by atoms with Crippen molar-refractivity contribution in [1.82, 2.24) is 0 Å². The van der Waals surface area contributed by atoms with Crippen molar-refractivity contribution >= 4 is 30.4 Å². The highest BCUT2D eigenvalue weighted by molar-refractivity contribution is 7.71. The number of allylic oxidation sites excluding steroid dienone is 7. The van der Waals surface area contributed by atoms with Crippen LogP contribution in [-0.2, 0) is 9.09 Å². The van der Waals surface area contributed by atoms with Crippen molar-refractivity contribution in [3.8, 4) is 11.1 Å². The average molecular weight is 463 g/mol. The molecular weight excluding hydrogens is 435 g/mol. The van der Waals surface area contributed by atoms with Crippen LogP contribution in [0.5, 0.6) is 0 Å². The van der Waals surface area contributed by atoms with E-state index in [1.165, 1.54) is 11.1 Å². The molecule has 34 heavy (non-hydrogen) atoms. The summed E-state index contributed by atoms with van der Waals surface area (Å²) in [5, 5.41) is 1.51. The van der Waals surface area contributed by atoms with E-state index in [4.69, 9.17) is 4.52 Å². The van der Waals surface area contributed by atoms with Gasteiger partial charge in [0.1, 0.15) is 5.76 Å². The first-order chi connectivity index (χ1) is 16.6. The quantitative estimate of drug-likeness (QED) is 0.363. The minimum absolute atomic E-state index is 0.634. The first-order valence-electron chi connectivity index (χ1n) is 11.6. The molecule has 2 nitrogen and oxygen atoms in total. The maximum atomic E-state index is 14.3. The molecule has 0 spiro atoms. The predicted octanol–water partition coefficient (Wildman–Crippen LogP) is 8.61. The van der Waals surface area contributed by atoms with Gasteiger partial charge in [-0.25, -0.2) is 0 Å². The molecule has 0 fully saturated rings. The maximum Gasteiger partial charge on any atom is 0.302 e. The smallest absolute Gasteiger partial charge is 0.302 e. The first-order valence-corrected chi connectivity index (χ1v) is 13.2. The summed E-state index contributed by atoms with van der Waals surface area (Å²) in [7, 11) is -3.22. The van der Waals surface area contributed by atoms with Gasteiger partial charge in [0.2, 0.25) is 0 Å². The van der Waals surface area contributed by atoms with Crippen LogP contribution in [0.25, 0.3) is 28.9 Å². The number of fused-ring (bicyclic) bond motifs is 2. The fraction of sp³-hybridized carbons (Fsp3) is 0.0968. The Morgan fingerprint density at radius 1 is 0.882 bits per heavy atom. The predicted molar refractivity (Wildman–Crippen MR) is 145 cm³/mol. The number of benzene rings is 3. The number of hydrogen-bond donors (Lipinski definition) is 0. The van der Waals surface area contributed by atoms with E-state index in [0.717, 1.165) is 38.6 Å². The molecule has 1 aliphatic heterocycles. The van der Waals surface area contributed by atoms with E-state index in [1.807, 2.05) is 74.6 Å². The van der Waals surface area contributed by atoms with Gasteiger partial charge in [-0.3, -0.25) is 4.57 Å². The Hall–Kier alpha value is -3.61. The van der Waals surface area contributed by atoms with Crippen molar-refractivity contribution < 1.29 is 9.09 Å². The lowest BCUT2D eigenvalue weighted by molar-refractivity contribution is 0.410. The van der Waals surface area contributed by atoms with Gasteiger partial charge in [-0.15, -0.1) is 0 Å². The van der Waals surface area contributed by atoms with Gasteiger partial charge in [0.25, 0.3) is 0 Å². The summed E-state index contributed by atoms with van der Waals surface area (Å²) in [6.07, 6.45) is 14.9. The summed E-state index contributed by atoms with van der Waals surface area (Å²) in [4.78, 5) is 0. The molecule has 0 saturated carbocycles. The third kappa shape index (κ3) is 4.18. The second-order valence-corrected chi connectivity index (χ2v) is 11.0. The second kappa shape index (κ2) is 9.33. The van der Waals surface area contributed by atoms with Crippen LogP contribution < -0.4 is 5.30 Å². The lowest BCUT2D eigenvalue weighted by Gasteiger charge is -2.30. The molecule has 1 unspecified atom stereocenters. The molecule has 1 heterocycles. The minimum Gasteiger partial charge on any atom is -0.441 e. The van der Waals surface area contributed by atoms with Gasteiger partial charge in [-0.1, -0.05) is 103 Å². The van der Waals surface area contributed by atoms with Crippen molar-refractivity contribution in [2.24, 2.45) is 0 Å². The molecule has 3 heteroatoms. The van der Waals surface area contributed by atoms with E-state index in [2.05, 4.69) is 54.6 Å². The molecule has 0 N–H and O–H groups in total. The van der Waals surface area contributed by atoms with E-state index in [1.54, 1.807) is 0 Å². The van der Waals surface area contributed by atoms with Crippen LogP contribution in [0.2, 0.25) is 0 Å². The van der Waals surface area contributed by atoms with E-state index in [9.17, 15) is 4.57 Å². The van der Waals surface area contributed by atoms with Crippen LogP contribution in [0.3, 0.4) is 0 Å². The van der Waals surface area contributed by atoms with Crippen molar-refractivity contribution in [1.29, 1.82) is 0 Å². The molecule has 1 aliphatic carbocycles. The van der Waals surface area contributed by atoms with Gasteiger partial charge in [-0.05, 0) is 53.8 Å². The molecule has 3 aromatic rings.